The summed E-state index contributed by atoms with van der Waals surface area (Å²) in [5, 5.41) is 0. The van der Waals surface area contributed by atoms with Crippen LogP contribution in [0, 0.1) is 5.41 Å². The van der Waals surface area contributed by atoms with Crippen LogP contribution in [0.1, 0.15) is 52.9 Å². The lowest BCUT2D eigenvalue weighted by molar-refractivity contribution is -0.142. The van der Waals surface area contributed by atoms with Crippen molar-refractivity contribution in [3.8, 4) is 0 Å². The lowest BCUT2D eigenvalue weighted by Gasteiger charge is -2.38. The standard InChI is InChI=1S/C13H26N2O/c1-4-15(11-8-6-5-7-9-11)12(16)13(2,3)10-14/h11H,4-10,14H2,1-3H3. The molecule has 1 aliphatic rings. The molecule has 16 heavy (non-hydrogen) atoms. The van der Waals surface area contributed by atoms with Gasteiger partial charge in [-0.2, -0.15) is 0 Å². The minimum atomic E-state index is -0.409. The van der Waals surface area contributed by atoms with Gasteiger partial charge in [-0.05, 0) is 33.6 Å². The molecule has 1 rings (SSSR count). The van der Waals surface area contributed by atoms with Crippen molar-refractivity contribution in [2.45, 2.75) is 58.9 Å². The number of rotatable bonds is 4. The van der Waals surface area contributed by atoms with Gasteiger partial charge < -0.3 is 10.6 Å². The Labute approximate surface area is 99.4 Å². The first-order chi connectivity index (χ1) is 7.53. The van der Waals surface area contributed by atoms with Crippen molar-refractivity contribution in [3.63, 3.8) is 0 Å². The van der Waals surface area contributed by atoms with Gasteiger partial charge in [0.2, 0.25) is 5.91 Å². The molecule has 0 aromatic carbocycles. The molecule has 0 aliphatic heterocycles. The number of hydrogen-bond acceptors (Lipinski definition) is 2. The maximum atomic E-state index is 12.4. The van der Waals surface area contributed by atoms with Crippen LogP contribution in [0.15, 0.2) is 0 Å². The number of carbonyl (C=O) groups is 1. The fourth-order valence-corrected chi connectivity index (χ4v) is 2.44. The molecular formula is C13H26N2O. The first-order valence-electron chi connectivity index (χ1n) is 6.54. The fraction of sp³-hybridized carbons (Fsp3) is 0.923. The molecule has 1 fully saturated rings. The van der Waals surface area contributed by atoms with E-state index in [2.05, 4.69) is 6.92 Å². The predicted octanol–water partition coefficient (Wildman–Crippen LogP) is 2.15. The van der Waals surface area contributed by atoms with E-state index in [4.69, 9.17) is 5.73 Å². The number of nitrogens with zero attached hydrogens (tertiary/aromatic N) is 1. The largest absolute Gasteiger partial charge is 0.339 e. The van der Waals surface area contributed by atoms with Crippen LogP contribution >= 0.6 is 0 Å². The number of hydrogen-bond donors (Lipinski definition) is 1. The molecule has 1 amide bonds. The second kappa shape index (κ2) is 5.67. The molecule has 0 atom stereocenters. The SMILES string of the molecule is CCN(C(=O)C(C)(C)CN)C1CCCCC1. The smallest absolute Gasteiger partial charge is 0.229 e. The molecule has 0 saturated heterocycles. The van der Waals surface area contributed by atoms with Crippen molar-refractivity contribution in [1.29, 1.82) is 0 Å². The molecule has 1 aliphatic carbocycles. The molecule has 1 saturated carbocycles. The highest BCUT2D eigenvalue weighted by atomic mass is 16.2. The predicted molar refractivity (Wildman–Crippen MR) is 67.1 cm³/mol. The monoisotopic (exact) mass is 226 g/mol. The van der Waals surface area contributed by atoms with Gasteiger partial charge in [-0.15, -0.1) is 0 Å². The molecule has 0 aromatic rings. The van der Waals surface area contributed by atoms with E-state index in [9.17, 15) is 4.79 Å². The zero-order valence-electron chi connectivity index (χ0n) is 11.0. The van der Waals surface area contributed by atoms with Gasteiger partial charge in [-0.3, -0.25) is 4.79 Å². The Morgan fingerprint density at radius 3 is 2.31 bits per heavy atom. The molecule has 0 aromatic heterocycles. The van der Waals surface area contributed by atoms with Crippen molar-refractivity contribution in [3.05, 3.63) is 0 Å². The average Bonchev–Trinajstić information content (AvgIpc) is 2.31. The lowest BCUT2D eigenvalue weighted by atomic mass is 9.88. The van der Waals surface area contributed by atoms with Crippen LogP contribution in [-0.2, 0) is 4.79 Å². The minimum Gasteiger partial charge on any atom is -0.339 e. The van der Waals surface area contributed by atoms with E-state index >= 15 is 0 Å². The first kappa shape index (κ1) is 13.5. The number of amides is 1. The van der Waals surface area contributed by atoms with E-state index < -0.39 is 5.41 Å². The second-order valence-electron chi connectivity index (χ2n) is 5.47. The van der Waals surface area contributed by atoms with Crippen molar-refractivity contribution in [1.82, 2.24) is 4.90 Å². The Morgan fingerprint density at radius 1 is 1.31 bits per heavy atom. The molecule has 0 spiro atoms. The van der Waals surface area contributed by atoms with Crippen molar-refractivity contribution >= 4 is 5.91 Å². The van der Waals surface area contributed by atoms with Crippen LogP contribution in [0.3, 0.4) is 0 Å². The van der Waals surface area contributed by atoms with Crippen molar-refractivity contribution in [2.24, 2.45) is 11.1 Å². The topological polar surface area (TPSA) is 46.3 Å². The van der Waals surface area contributed by atoms with Gasteiger partial charge in [0.1, 0.15) is 0 Å². The summed E-state index contributed by atoms with van der Waals surface area (Å²) in [4.78, 5) is 14.4. The third-order valence-electron chi connectivity index (χ3n) is 3.71. The Morgan fingerprint density at radius 2 is 1.88 bits per heavy atom. The molecule has 0 heterocycles. The molecule has 3 heteroatoms. The van der Waals surface area contributed by atoms with E-state index in [1.54, 1.807) is 0 Å². The van der Waals surface area contributed by atoms with E-state index in [0.717, 1.165) is 6.54 Å². The van der Waals surface area contributed by atoms with Crippen molar-refractivity contribution in [2.75, 3.05) is 13.1 Å². The van der Waals surface area contributed by atoms with Crippen LogP contribution in [0.2, 0.25) is 0 Å². The van der Waals surface area contributed by atoms with Gasteiger partial charge in [0.25, 0.3) is 0 Å². The Balaban J connectivity index is 2.69. The van der Waals surface area contributed by atoms with Gasteiger partial charge in [0, 0.05) is 19.1 Å². The maximum Gasteiger partial charge on any atom is 0.229 e. The Hall–Kier alpha value is -0.570. The first-order valence-corrected chi connectivity index (χ1v) is 6.54. The zero-order chi connectivity index (χ0) is 12.2. The van der Waals surface area contributed by atoms with Gasteiger partial charge in [-0.25, -0.2) is 0 Å². The van der Waals surface area contributed by atoms with E-state index in [1.165, 1.54) is 32.1 Å². The summed E-state index contributed by atoms with van der Waals surface area (Å²) in [6, 6.07) is 0.456. The maximum absolute atomic E-state index is 12.4. The normalized spacial score (nSPS) is 18.5. The third-order valence-corrected chi connectivity index (χ3v) is 3.71. The fourth-order valence-electron chi connectivity index (χ4n) is 2.44. The minimum absolute atomic E-state index is 0.226. The molecule has 2 N–H and O–H groups in total. The quantitative estimate of drug-likeness (QED) is 0.798. The molecule has 0 radical (unpaired) electrons. The summed E-state index contributed by atoms with van der Waals surface area (Å²) in [5.74, 6) is 0.226. The number of nitrogens with two attached hydrogens (primary N) is 1. The summed E-state index contributed by atoms with van der Waals surface area (Å²) in [6.45, 7) is 7.20. The number of carbonyl (C=O) groups excluding carboxylic acids is 1. The van der Waals surface area contributed by atoms with Crippen LogP contribution in [0.4, 0.5) is 0 Å². The summed E-state index contributed by atoms with van der Waals surface area (Å²) in [7, 11) is 0. The van der Waals surface area contributed by atoms with Crippen LogP contribution in [0.5, 0.6) is 0 Å². The van der Waals surface area contributed by atoms with Gasteiger partial charge in [0.15, 0.2) is 0 Å². The molecule has 0 unspecified atom stereocenters. The van der Waals surface area contributed by atoms with Crippen molar-refractivity contribution < 1.29 is 4.79 Å². The highest BCUT2D eigenvalue weighted by Gasteiger charge is 2.33. The van der Waals surface area contributed by atoms with Crippen LogP contribution < -0.4 is 5.73 Å². The summed E-state index contributed by atoms with van der Waals surface area (Å²) >= 11 is 0. The molecule has 3 nitrogen and oxygen atoms in total. The van der Waals surface area contributed by atoms with Crippen LogP contribution in [0.25, 0.3) is 0 Å². The second-order valence-corrected chi connectivity index (χ2v) is 5.47. The summed E-state index contributed by atoms with van der Waals surface area (Å²) < 4.78 is 0. The highest BCUT2D eigenvalue weighted by Crippen LogP contribution is 2.26. The van der Waals surface area contributed by atoms with Gasteiger partial charge in [-0.1, -0.05) is 19.3 Å². The highest BCUT2D eigenvalue weighted by molar-refractivity contribution is 5.82. The van der Waals surface area contributed by atoms with Crippen LogP contribution in [-0.4, -0.2) is 29.9 Å². The summed E-state index contributed by atoms with van der Waals surface area (Å²) in [6.07, 6.45) is 6.18. The van der Waals surface area contributed by atoms with Gasteiger partial charge >= 0.3 is 0 Å². The summed E-state index contributed by atoms with van der Waals surface area (Å²) in [5.41, 5.74) is 5.27. The van der Waals surface area contributed by atoms with E-state index in [0.29, 0.717) is 12.6 Å². The third kappa shape index (κ3) is 2.97. The molecule has 94 valence electrons. The Kier molecular flexibility index (Phi) is 4.78. The van der Waals surface area contributed by atoms with E-state index in [-0.39, 0.29) is 5.91 Å². The molecular weight excluding hydrogens is 200 g/mol. The molecule has 0 bridgehead atoms. The zero-order valence-corrected chi connectivity index (χ0v) is 11.0. The lowest BCUT2D eigenvalue weighted by Crippen LogP contribution is -2.49. The van der Waals surface area contributed by atoms with E-state index in [1.807, 2.05) is 18.7 Å². The average molecular weight is 226 g/mol. The van der Waals surface area contributed by atoms with Gasteiger partial charge in [0.05, 0.1) is 5.41 Å². The Bertz CT molecular complexity index is 232.